The Hall–Kier alpha value is -1.40. The minimum Gasteiger partial charge on any atom is -0.355 e. The Morgan fingerprint density at radius 2 is 2.11 bits per heavy atom. The second-order valence-corrected chi connectivity index (χ2v) is 5.74. The maximum absolute atomic E-state index is 11.5. The minimum absolute atomic E-state index is 0.00802. The largest absolute Gasteiger partial charge is 0.355 e. The highest BCUT2D eigenvalue weighted by Gasteiger charge is 2.07. The average molecular weight is 283 g/mol. The van der Waals surface area contributed by atoms with E-state index in [1.165, 1.54) is 6.92 Å². The molecule has 106 valence electrons. The molecule has 0 saturated carbocycles. The molecule has 5 nitrogen and oxygen atoms in total. The first-order valence-corrected chi connectivity index (χ1v) is 7.18. The van der Waals surface area contributed by atoms with E-state index in [0.717, 1.165) is 10.6 Å². The minimum atomic E-state index is -0.0886. The lowest BCUT2D eigenvalue weighted by molar-refractivity contribution is -0.120. The fourth-order valence-corrected chi connectivity index (χ4v) is 2.25. The third-order valence-corrected chi connectivity index (χ3v) is 3.26. The van der Waals surface area contributed by atoms with E-state index < -0.39 is 0 Å². The monoisotopic (exact) mass is 283 g/mol. The molecule has 3 N–H and O–H groups in total. The Bertz CT molecular complexity index is 429. The maximum Gasteiger partial charge on any atom is 0.233 e. The molecule has 0 bridgehead atoms. The molecule has 1 heterocycles. The molecule has 0 radical (unpaired) electrons. The third kappa shape index (κ3) is 6.35. The number of carbonyl (C=O) groups excluding carboxylic acids is 2. The van der Waals surface area contributed by atoms with Crippen molar-refractivity contribution in [1.29, 1.82) is 0 Å². The predicted molar refractivity (Wildman–Crippen MR) is 78.2 cm³/mol. The first-order valence-electron chi connectivity index (χ1n) is 6.30. The Kier molecular flexibility index (Phi) is 6.52. The number of carbonyl (C=O) groups is 2. The molecule has 6 heteroatoms. The zero-order valence-corrected chi connectivity index (χ0v) is 12.4. The summed E-state index contributed by atoms with van der Waals surface area (Å²) in [5.41, 5.74) is 0.813. The summed E-state index contributed by atoms with van der Waals surface area (Å²) >= 11 is 1.55. The van der Waals surface area contributed by atoms with Crippen LogP contribution < -0.4 is 16.0 Å². The lowest BCUT2D eigenvalue weighted by Gasteiger charge is -2.09. The molecule has 0 saturated heterocycles. The summed E-state index contributed by atoms with van der Waals surface area (Å²) in [4.78, 5) is 23.5. The molecular weight excluding hydrogens is 262 g/mol. The summed E-state index contributed by atoms with van der Waals surface area (Å²) in [7, 11) is 0. The van der Waals surface area contributed by atoms with Crippen LogP contribution in [0.5, 0.6) is 0 Å². The molecule has 2 amide bonds. The molecule has 1 aromatic heterocycles. The molecule has 19 heavy (non-hydrogen) atoms. The van der Waals surface area contributed by atoms with Gasteiger partial charge in [-0.25, -0.2) is 0 Å². The van der Waals surface area contributed by atoms with Gasteiger partial charge in [0.05, 0.1) is 12.2 Å². The molecule has 0 aliphatic rings. The van der Waals surface area contributed by atoms with Gasteiger partial charge >= 0.3 is 0 Å². The van der Waals surface area contributed by atoms with Gasteiger partial charge in [0.1, 0.15) is 0 Å². The molecule has 0 spiro atoms. The first-order chi connectivity index (χ1) is 8.99. The summed E-state index contributed by atoms with van der Waals surface area (Å²) < 4.78 is 0. The van der Waals surface area contributed by atoms with Crippen LogP contribution in [0.15, 0.2) is 11.4 Å². The molecule has 0 aromatic carbocycles. The van der Waals surface area contributed by atoms with Crippen LogP contribution in [-0.4, -0.2) is 24.9 Å². The Morgan fingerprint density at radius 1 is 1.37 bits per heavy atom. The molecular formula is C13H21N3O2S. The van der Waals surface area contributed by atoms with Crippen molar-refractivity contribution in [2.45, 2.75) is 27.3 Å². The molecule has 0 aliphatic heterocycles. The molecule has 1 aromatic rings. The first kappa shape index (κ1) is 15.7. The van der Waals surface area contributed by atoms with Crippen LogP contribution >= 0.6 is 11.3 Å². The zero-order chi connectivity index (χ0) is 14.3. The highest BCUT2D eigenvalue weighted by molar-refractivity contribution is 7.10. The number of amides is 2. The van der Waals surface area contributed by atoms with Crippen molar-refractivity contribution in [3.8, 4) is 0 Å². The molecule has 0 atom stereocenters. The standard InChI is InChI=1S/C13H21N3O2S/c1-9(2)6-15-13(18)8-14-7-12-11(4-5-19-12)16-10(3)17/h4-5,9,14H,6-8H2,1-3H3,(H,15,18)(H,16,17). The van der Waals surface area contributed by atoms with E-state index in [0.29, 0.717) is 19.0 Å². The Balaban J connectivity index is 2.31. The summed E-state index contributed by atoms with van der Waals surface area (Å²) in [6.07, 6.45) is 0. The van der Waals surface area contributed by atoms with Crippen molar-refractivity contribution in [2.75, 3.05) is 18.4 Å². The molecule has 0 fully saturated rings. The fraction of sp³-hybridized carbons (Fsp3) is 0.538. The van der Waals surface area contributed by atoms with Gasteiger partial charge in [0.2, 0.25) is 11.8 Å². The lowest BCUT2D eigenvalue weighted by atomic mass is 10.2. The smallest absolute Gasteiger partial charge is 0.233 e. The zero-order valence-electron chi connectivity index (χ0n) is 11.6. The van der Waals surface area contributed by atoms with E-state index in [1.807, 2.05) is 11.4 Å². The second-order valence-electron chi connectivity index (χ2n) is 4.74. The van der Waals surface area contributed by atoms with Crippen molar-refractivity contribution in [2.24, 2.45) is 5.92 Å². The number of hydrogen-bond acceptors (Lipinski definition) is 4. The van der Waals surface area contributed by atoms with Crippen molar-refractivity contribution in [3.63, 3.8) is 0 Å². The summed E-state index contributed by atoms with van der Waals surface area (Å²) in [6.45, 7) is 7.13. The van der Waals surface area contributed by atoms with Crippen molar-refractivity contribution in [3.05, 3.63) is 16.3 Å². The summed E-state index contributed by atoms with van der Waals surface area (Å²) in [5.74, 6) is 0.355. The number of anilines is 1. The van der Waals surface area contributed by atoms with Gasteiger partial charge in [-0.15, -0.1) is 11.3 Å². The van der Waals surface area contributed by atoms with Crippen LogP contribution in [-0.2, 0) is 16.1 Å². The van der Waals surface area contributed by atoms with Crippen LogP contribution in [0.1, 0.15) is 25.6 Å². The highest BCUT2D eigenvalue weighted by Crippen LogP contribution is 2.21. The van der Waals surface area contributed by atoms with Crippen LogP contribution in [0.4, 0.5) is 5.69 Å². The van der Waals surface area contributed by atoms with Gasteiger partial charge in [-0.1, -0.05) is 13.8 Å². The number of hydrogen-bond donors (Lipinski definition) is 3. The summed E-state index contributed by atoms with van der Waals surface area (Å²) in [6, 6.07) is 1.86. The molecule has 0 aliphatic carbocycles. The highest BCUT2D eigenvalue weighted by atomic mass is 32.1. The van der Waals surface area contributed by atoms with Gasteiger partial charge in [-0.05, 0) is 17.4 Å². The number of nitrogens with one attached hydrogen (secondary N) is 3. The van der Waals surface area contributed by atoms with Crippen molar-refractivity contribution < 1.29 is 9.59 Å². The van der Waals surface area contributed by atoms with E-state index in [9.17, 15) is 9.59 Å². The van der Waals surface area contributed by atoms with Gasteiger partial charge in [-0.3, -0.25) is 9.59 Å². The second kappa shape index (κ2) is 7.91. The van der Waals surface area contributed by atoms with Gasteiger partial charge in [0, 0.05) is 24.9 Å². The van der Waals surface area contributed by atoms with Crippen LogP contribution in [0.25, 0.3) is 0 Å². The Labute approximate surface area is 117 Å². The van der Waals surface area contributed by atoms with Gasteiger partial charge < -0.3 is 16.0 Å². The van der Waals surface area contributed by atoms with Crippen molar-refractivity contribution in [1.82, 2.24) is 10.6 Å². The molecule has 0 unspecified atom stereocenters. The fourth-order valence-electron chi connectivity index (χ4n) is 1.45. The maximum atomic E-state index is 11.5. The van der Waals surface area contributed by atoms with E-state index in [1.54, 1.807) is 11.3 Å². The van der Waals surface area contributed by atoms with Crippen LogP contribution in [0.3, 0.4) is 0 Å². The van der Waals surface area contributed by atoms with Crippen LogP contribution in [0, 0.1) is 5.92 Å². The third-order valence-electron chi connectivity index (χ3n) is 2.33. The topological polar surface area (TPSA) is 70.2 Å². The predicted octanol–water partition coefficient (Wildman–Crippen LogP) is 1.57. The SMILES string of the molecule is CC(=O)Nc1ccsc1CNCC(=O)NCC(C)C. The number of rotatable bonds is 7. The van der Waals surface area contributed by atoms with Crippen LogP contribution in [0.2, 0.25) is 0 Å². The van der Waals surface area contributed by atoms with E-state index in [-0.39, 0.29) is 18.4 Å². The lowest BCUT2D eigenvalue weighted by Crippen LogP contribution is -2.35. The van der Waals surface area contributed by atoms with E-state index in [2.05, 4.69) is 29.8 Å². The van der Waals surface area contributed by atoms with Gasteiger partial charge in [0.15, 0.2) is 0 Å². The average Bonchev–Trinajstić information content (AvgIpc) is 2.73. The van der Waals surface area contributed by atoms with E-state index in [4.69, 9.17) is 0 Å². The van der Waals surface area contributed by atoms with Crippen molar-refractivity contribution >= 4 is 28.8 Å². The van der Waals surface area contributed by atoms with E-state index >= 15 is 0 Å². The van der Waals surface area contributed by atoms with Gasteiger partial charge in [-0.2, -0.15) is 0 Å². The normalized spacial score (nSPS) is 10.5. The Morgan fingerprint density at radius 3 is 2.74 bits per heavy atom. The molecule has 1 rings (SSSR count). The number of thiophene rings is 1. The van der Waals surface area contributed by atoms with Gasteiger partial charge in [0.25, 0.3) is 0 Å². The summed E-state index contributed by atoms with van der Waals surface area (Å²) in [5, 5.41) is 10.6. The quantitative estimate of drug-likeness (QED) is 0.711.